The Morgan fingerprint density at radius 3 is 2.18 bits per heavy atom. The number of aryl methyl sites for hydroxylation is 1. The van der Waals surface area contributed by atoms with E-state index in [1.165, 1.54) is 31.9 Å². The predicted octanol–water partition coefficient (Wildman–Crippen LogP) is 6.56. The zero-order valence-electron chi connectivity index (χ0n) is 18.0. The molecule has 0 aliphatic rings. The van der Waals surface area contributed by atoms with Crippen molar-refractivity contribution in [3.05, 3.63) is 81.6 Å². The Morgan fingerprint density at radius 1 is 0.879 bits per heavy atom. The number of pyridine rings is 1. The van der Waals surface area contributed by atoms with Crippen molar-refractivity contribution >= 4 is 22.5 Å². The molecular weight excluding hydrogens is 455 g/mol. The molecule has 0 aliphatic carbocycles. The molecule has 4 nitrogen and oxygen atoms in total. The molecule has 0 spiro atoms. The molecule has 0 radical (unpaired) electrons. The van der Waals surface area contributed by atoms with Crippen molar-refractivity contribution in [1.82, 2.24) is 4.57 Å². The van der Waals surface area contributed by atoms with Crippen LogP contribution < -0.4 is 15.0 Å². The lowest BCUT2D eigenvalue weighted by Crippen LogP contribution is -2.21. The second-order valence-corrected chi connectivity index (χ2v) is 7.85. The molecule has 1 aromatic heterocycles. The third-order valence-corrected chi connectivity index (χ3v) is 5.77. The number of rotatable bonds is 4. The number of aromatic nitrogens is 1. The SMILES string of the molecule is COc1ccc(-c2c(-c3cc(Cl)ccc3OC)c3cc(C(F)(F)F)ccc3n(C)c2=O)cc1. The zero-order valence-corrected chi connectivity index (χ0v) is 18.7. The average molecular weight is 474 g/mol. The van der Waals surface area contributed by atoms with Gasteiger partial charge in [0.05, 0.1) is 30.9 Å². The number of hydrogen-bond acceptors (Lipinski definition) is 3. The lowest BCUT2D eigenvalue weighted by atomic mass is 9.90. The number of hydrogen-bond donors (Lipinski definition) is 0. The summed E-state index contributed by atoms with van der Waals surface area (Å²) in [6.07, 6.45) is -4.56. The molecule has 0 N–H and O–H groups in total. The van der Waals surface area contributed by atoms with Crippen molar-refractivity contribution in [3.8, 4) is 33.8 Å². The van der Waals surface area contributed by atoms with E-state index < -0.39 is 11.7 Å². The fraction of sp³-hybridized carbons (Fsp3) is 0.160. The lowest BCUT2D eigenvalue weighted by Gasteiger charge is -2.19. The zero-order chi connectivity index (χ0) is 23.9. The predicted molar refractivity (Wildman–Crippen MR) is 123 cm³/mol. The second-order valence-electron chi connectivity index (χ2n) is 7.42. The summed E-state index contributed by atoms with van der Waals surface area (Å²) in [7, 11) is 4.50. The molecule has 33 heavy (non-hydrogen) atoms. The highest BCUT2D eigenvalue weighted by molar-refractivity contribution is 6.31. The molecule has 0 unspecified atom stereocenters. The normalized spacial score (nSPS) is 11.6. The van der Waals surface area contributed by atoms with Gasteiger partial charge in [0, 0.05) is 28.6 Å². The first-order valence-electron chi connectivity index (χ1n) is 9.88. The highest BCUT2D eigenvalue weighted by Gasteiger charge is 2.32. The van der Waals surface area contributed by atoms with Crippen molar-refractivity contribution in [2.24, 2.45) is 7.05 Å². The van der Waals surface area contributed by atoms with Crippen molar-refractivity contribution < 1.29 is 22.6 Å². The van der Waals surface area contributed by atoms with E-state index in [4.69, 9.17) is 21.1 Å². The van der Waals surface area contributed by atoms with Gasteiger partial charge in [-0.25, -0.2) is 0 Å². The van der Waals surface area contributed by atoms with Gasteiger partial charge in [-0.2, -0.15) is 13.2 Å². The molecule has 0 atom stereocenters. The molecule has 0 amide bonds. The fourth-order valence-corrected chi connectivity index (χ4v) is 4.08. The van der Waals surface area contributed by atoms with Crippen LogP contribution in [0.4, 0.5) is 13.2 Å². The monoisotopic (exact) mass is 473 g/mol. The van der Waals surface area contributed by atoms with Crippen LogP contribution in [-0.4, -0.2) is 18.8 Å². The maximum atomic E-state index is 13.6. The number of alkyl halides is 3. The maximum Gasteiger partial charge on any atom is 0.416 e. The van der Waals surface area contributed by atoms with E-state index in [1.807, 2.05) is 0 Å². The number of halogens is 4. The van der Waals surface area contributed by atoms with Gasteiger partial charge in [0.25, 0.3) is 5.56 Å². The van der Waals surface area contributed by atoms with Crippen LogP contribution in [0.25, 0.3) is 33.2 Å². The highest BCUT2D eigenvalue weighted by Crippen LogP contribution is 2.43. The molecule has 0 fully saturated rings. The van der Waals surface area contributed by atoms with E-state index in [-0.39, 0.29) is 16.5 Å². The molecule has 0 saturated carbocycles. The van der Waals surface area contributed by atoms with E-state index in [2.05, 4.69) is 0 Å². The summed E-state index contributed by atoms with van der Waals surface area (Å²) in [6.45, 7) is 0. The standard InChI is InChI=1S/C25H19ClF3NO3/c1-30-20-10-6-15(25(27,28)29)12-18(20)23(19-13-16(26)7-11-21(19)33-3)22(24(30)31)14-4-8-17(32-2)9-5-14/h4-13H,1-3H3. The van der Waals surface area contributed by atoms with Crippen LogP contribution in [0.2, 0.25) is 5.02 Å². The van der Waals surface area contributed by atoms with Crippen molar-refractivity contribution in [2.75, 3.05) is 14.2 Å². The quantitative estimate of drug-likeness (QED) is 0.337. The van der Waals surface area contributed by atoms with Gasteiger partial charge in [-0.3, -0.25) is 4.79 Å². The molecule has 0 aliphatic heterocycles. The fourth-order valence-electron chi connectivity index (χ4n) is 3.90. The first kappa shape index (κ1) is 22.7. The summed E-state index contributed by atoms with van der Waals surface area (Å²) in [4.78, 5) is 13.5. The van der Waals surface area contributed by atoms with E-state index in [0.717, 1.165) is 12.1 Å². The second kappa shape index (κ2) is 8.48. The summed E-state index contributed by atoms with van der Waals surface area (Å²) < 4.78 is 52.9. The first-order valence-corrected chi connectivity index (χ1v) is 10.3. The average Bonchev–Trinajstić information content (AvgIpc) is 2.80. The third-order valence-electron chi connectivity index (χ3n) is 5.53. The Kier molecular flexibility index (Phi) is 5.84. The summed E-state index contributed by atoms with van der Waals surface area (Å²) in [5.74, 6) is 0.957. The molecule has 4 rings (SSSR count). The van der Waals surface area contributed by atoms with Gasteiger partial charge in [-0.1, -0.05) is 23.7 Å². The van der Waals surface area contributed by atoms with Crippen LogP contribution in [0.15, 0.2) is 65.5 Å². The molecule has 0 saturated heterocycles. The summed E-state index contributed by atoms with van der Waals surface area (Å²) in [5.41, 5.74) is 0.630. The van der Waals surface area contributed by atoms with Gasteiger partial charge in [0.2, 0.25) is 0 Å². The lowest BCUT2D eigenvalue weighted by molar-refractivity contribution is -0.137. The van der Waals surface area contributed by atoms with Gasteiger partial charge >= 0.3 is 6.18 Å². The molecule has 0 bridgehead atoms. The summed E-state index contributed by atoms with van der Waals surface area (Å²) in [5, 5.41) is 0.602. The Bertz CT molecular complexity index is 1410. The Labute approximate surface area is 192 Å². The van der Waals surface area contributed by atoms with Gasteiger partial charge in [-0.15, -0.1) is 0 Å². The Balaban J connectivity index is 2.22. The maximum absolute atomic E-state index is 13.6. The van der Waals surface area contributed by atoms with Gasteiger partial charge in [0.15, 0.2) is 0 Å². The Hall–Kier alpha value is -3.45. The molecule has 3 aromatic carbocycles. The first-order chi connectivity index (χ1) is 15.7. The Morgan fingerprint density at radius 2 is 1.58 bits per heavy atom. The van der Waals surface area contributed by atoms with E-state index >= 15 is 0 Å². The van der Waals surface area contributed by atoms with Crippen LogP contribution >= 0.6 is 11.6 Å². The van der Waals surface area contributed by atoms with Crippen LogP contribution in [-0.2, 0) is 13.2 Å². The van der Waals surface area contributed by atoms with Gasteiger partial charge < -0.3 is 14.0 Å². The van der Waals surface area contributed by atoms with Crippen LogP contribution in [0, 0.1) is 0 Å². The van der Waals surface area contributed by atoms with Crippen molar-refractivity contribution in [3.63, 3.8) is 0 Å². The number of methoxy groups -OCH3 is 2. The molecule has 8 heteroatoms. The molecule has 4 aromatic rings. The van der Waals surface area contributed by atoms with Crippen molar-refractivity contribution in [2.45, 2.75) is 6.18 Å². The van der Waals surface area contributed by atoms with Crippen molar-refractivity contribution in [1.29, 1.82) is 0 Å². The molecule has 170 valence electrons. The van der Waals surface area contributed by atoms with E-state index in [1.54, 1.807) is 42.5 Å². The number of benzene rings is 3. The molecular formula is C25H19ClF3NO3. The molecule has 1 heterocycles. The number of ether oxygens (including phenoxy) is 2. The van der Waals surface area contributed by atoms with Gasteiger partial charge in [-0.05, 0) is 54.1 Å². The minimum absolute atomic E-state index is 0.229. The highest BCUT2D eigenvalue weighted by atomic mass is 35.5. The smallest absolute Gasteiger partial charge is 0.416 e. The summed E-state index contributed by atoms with van der Waals surface area (Å²) in [6, 6.07) is 14.9. The van der Waals surface area contributed by atoms with Crippen LogP contribution in [0.3, 0.4) is 0 Å². The third kappa shape index (κ3) is 4.04. The minimum atomic E-state index is -4.56. The van der Waals surface area contributed by atoms with E-state index in [0.29, 0.717) is 38.7 Å². The minimum Gasteiger partial charge on any atom is -0.497 e. The van der Waals surface area contributed by atoms with Crippen LogP contribution in [0.5, 0.6) is 11.5 Å². The summed E-state index contributed by atoms with van der Waals surface area (Å²) >= 11 is 6.25. The topological polar surface area (TPSA) is 40.5 Å². The number of fused-ring (bicyclic) bond motifs is 1. The van der Waals surface area contributed by atoms with Gasteiger partial charge in [0.1, 0.15) is 11.5 Å². The number of nitrogens with zero attached hydrogens (tertiary/aromatic N) is 1. The van der Waals surface area contributed by atoms with Crippen LogP contribution in [0.1, 0.15) is 5.56 Å². The largest absolute Gasteiger partial charge is 0.497 e. The van der Waals surface area contributed by atoms with E-state index in [9.17, 15) is 18.0 Å².